The van der Waals surface area contributed by atoms with Crippen LogP contribution in [0.5, 0.6) is 12.0 Å². The second kappa shape index (κ2) is 4.22. The third-order valence-electron chi connectivity index (χ3n) is 1.74. The minimum Gasteiger partial charge on any atom is -0.467 e. The van der Waals surface area contributed by atoms with Crippen LogP contribution in [0, 0.1) is 0 Å². The minimum atomic E-state index is 0.253. The van der Waals surface area contributed by atoms with Crippen LogP contribution in [-0.4, -0.2) is 29.2 Å². The molecule has 0 saturated carbocycles. The molecule has 2 aromatic heterocycles. The molecule has 5 nitrogen and oxygen atoms in total. The third-order valence-corrected chi connectivity index (χ3v) is 2.42. The Hall–Kier alpha value is -1.69. The maximum atomic E-state index is 4.96. The van der Waals surface area contributed by atoms with Crippen LogP contribution < -0.4 is 9.47 Å². The van der Waals surface area contributed by atoms with Gasteiger partial charge in [-0.2, -0.15) is 21.3 Å². The van der Waals surface area contributed by atoms with Crippen LogP contribution in [-0.2, 0) is 0 Å². The average Bonchev–Trinajstić information content (AvgIpc) is 2.81. The van der Waals surface area contributed by atoms with Crippen molar-refractivity contribution in [3.05, 3.63) is 16.8 Å². The summed E-state index contributed by atoms with van der Waals surface area (Å²) in [5, 5.41) is 3.91. The number of thiophene rings is 1. The van der Waals surface area contributed by atoms with Gasteiger partial charge in [-0.1, -0.05) is 0 Å². The molecule has 0 bridgehead atoms. The van der Waals surface area contributed by atoms with Gasteiger partial charge in [0.25, 0.3) is 0 Å². The van der Waals surface area contributed by atoms with Crippen LogP contribution in [0.2, 0.25) is 0 Å². The Kier molecular flexibility index (Phi) is 2.77. The molecule has 0 radical (unpaired) electrons. The topological polar surface area (TPSA) is 57.1 Å². The summed E-state index contributed by atoms with van der Waals surface area (Å²) in [7, 11) is 3.01. The Morgan fingerprint density at radius 3 is 2.20 bits per heavy atom. The van der Waals surface area contributed by atoms with Crippen molar-refractivity contribution in [3.8, 4) is 23.4 Å². The van der Waals surface area contributed by atoms with E-state index in [1.165, 1.54) is 14.2 Å². The van der Waals surface area contributed by atoms with E-state index < -0.39 is 0 Å². The molecule has 0 aromatic carbocycles. The summed E-state index contributed by atoms with van der Waals surface area (Å²) in [6.07, 6.45) is 0. The summed E-state index contributed by atoms with van der Waals surface area (Å²) >= 11 is 1.58. The van der Waals surface area contributed by atoms with E-state index in [1.807, 2.05) is 16.8 Å². The Balaban J connectivity index is 2.47. The molecule has 2 rings (SSSR count). The fourth-order valence-corrected chi connectivity index (χ4v) is 1.68. The van der Waals surface area contributed by atoms with Crippen molar-refractivity contribution >= 4 is 11.3 Å². The second-order valence-corrected chi connectivity index (χ2v) is 3.42. The molecule has 0 fully saturated rings. The highest BCUT2D eigenvalue weighted by Crippen LogP contribution is 2.21. The van der Waals surface area contributed by atoms with E-state index in [9.17, 15) is 0 Å². The van der Waals surface area contributed by atoms with Gasteiger partial charge in [-0.25, -0.2) is 0 Å². The van der Waals surface area contributed by atoms with Crippen molar-refractivity contribution in [3.63, 3.8) is 0 Å². The number of methoxy groups -OCH3 is 2. The van der Waals surface area contributed by atoms with E-state index >= 15 is 0 Å². The predicted molar refractivity (Wildman–Crippen MR) is 56.2 cm³/mol. The van der Waals surface area contributed by atoms with Gasteiger partial charge in [0.2, 0.25) is 0 Å². The van der Waals surface area contributed by atoms with Crippen molar-refractivity contribution in [1.82, 2.24) is 15.0 Å². The standard InChI is InChI=1S/C9H9N3O2S/c1-13-8-10-7(6-3-4-15-5-6)11-9(12-8)14-2/h3-5H,1-2H3. The molecule has 2 aromatic rings. The van der Waals surface area contributed by atoms with Gasteiger partial charge in [0, 0.05) is 10.9 Å². The third kappa shape index (κ3) is 2.04. The van der Waals surface area contributed by atoms with Gasteiger partial charge in [0.05, 0.1) is 14.2 Å². The number of hydrogen-bond acceptors (Lipinski definition) is 6. The normalized spacial score (nSPS) is 10.0. The highest BCUT2D eigenvalue weighted by molar-refractivity contribution is 7.08. The van der Waals surface area contributed by atoms with Crippen LogP contribution in [0.3, 0.4) is 0 Å². The van der Waals surface area contributed by atoms with Gasteiger partial charge < -0.3 is 9.47 Å². The number of rotatable bonds is 3. The maximum Gasteiger partial charge on any atom is 0.322 e. The fraction of sp³-hybridized carbons (Fsp3) is 0.222. The van der Waals surface area contributed by atoms with E-state index in [4.69, 9.17) is 9.47 Å². The molecule has 0 amide bonds. The average molecular weight is 223 g/mol. The quantitative estimate of drug-likeness (QED) is 0.791. The molecule has 2 heterocycles. The molecule has 78 valence electrons. The highest BCUT2D eigenvalue weighted by atomic mass is 32.1. The Bertz CT molecular complexity index is 422. The smallest absolute Gasteiger partial charge is 0.322 e. The molecular weight excluding hydrogens is 214 g/mol. The lowest BCUT2D eigenvalue weighted by Crippen LogP contribution is -2.00. The van der Waals surface area contributed by atoms with Crippen LogP contribution in [0.4, 0.5) is 0 Å². The molecule has 0 spiro atoms. The predicted octanol–water partition coefficient (Wildman–Crippen LogP) is 1.62. The van der Waals surface area contributed by atoms with E-state index in [0.717, 1.165) is 5.56 Å². The van der Waals surface area contributed by atoms with E-state index in [2.05, 4.69) is 15.0 Å². The van der Waals surface area contributed by atoms with Gasteiger partial charge in [0.15, 0.2) is 5.82 Å². The molecule has 0 aliphatic carbocycles. The van der Waals surface area contributed by atoms with Crippen LogP contribution in [0.1, 0.15) is 0 Å². The summed E-state index contributed by atoms with van der Waals surface area (Å²) < 4.78 is 9.91. The number of aromatic nitrogens is 3. The van der Waals surface area contributed by atoms with Crippen molar-refractivity contribution < 1.29 is 9.47 Å². The van der Waals surface area contributed by atoms with Crippen LogP contribution >= 0.6 is 11.3 Å². The van der Waals surface area contributed by atoms with Crippen molar-refractivity contribution in [2.24, 2.45) is 0 Å². The first kappa shape index (κ1) is 9.85. The number of hydrogen-bond donors (Lipinski definition) is 0. The lowest BCUT2D eigenvalue weighted by molar-refractivity contribution is 0.341. The zero-order valence-electron chi connectivity index (χ0n) is 8.30. The van der Waals surface area contributed by atoms with Gasteiger partial charge in [-0.05, 0) is 11.4 Å². The number of nitrogens with zero attached hydrogens (tertiary/aromatic N) is 3. The van der Waals surface area contributed by atoms with E-state index in [0.29, 0.717) is 5.82 Å². The monoisotopic (exact) mass is 223 g/mol. The first-order valence-electron chi connectivity index (χ1n) is 4.20. The Morgan fingerprint density at radius 2 is 1.73 bits per heavy atom. The molecule has 0 N–H and O–H groups in total. The molecule has 0 saturated heterocycles. The lowest BCUT2D eigenvalue weighted by atomic mass is 10.3. The van der Waals surface area contributed by atoms with Gasteiger partial charge in [-0.3, -0.25) is 0 Å². The van der Waals surface area contributed by atoms with Crippen molar-refractivity contribution in [1.29, 1.82) is 0 Å². The number of ether oxygens (including phenoxy) is 2. The summed E-state index contributed by atoms with van der Waals surface area (Å²) in [4.78, 5) is 12.2. The molecular formula is C9H9N3O2S. The summed E-state index contributed by atoms with van der Waals surface area (Å²) in [5.74, 6) is 0.556. The van der Waals surface area contributed by atoms with Gasteiger partial charge >= 0.3 is 12.0 Å². The lowest BCUT2D eigenvalue weighted by Gasteiger charge is -2.03. The molecule has 0 aliphatic rings. The van der Waals surface area contributed by atoms with Crippen molar-refractivity contribution in [2.75, 3.05) is 14.2 Å². The largest absolute Gasteiger partial charge is 0.467 e. The molecule has 6 heteroatoms. The highest BCUT2D eigenvalue weighted by Gasteiger charge is 2.08. The zero-order chi connectivity index (χ0) is 10.7. The van der Waals surface area contributed by atoms with Crippen molar-refractivity contribution in [2.45, 2.75) is 0 Å². The van der Waals surface area contributed by atoms with E-state index in [-0.39, 0.29) is 12.0 Å². The Labute approximate surface area is 90.7 Å². The second-order valence-electron chi connectivity index (χ2n) is 2.64. The molecule has 15 heavy (non-hydrogen) atoms. The van der Waals surface area contributed by atoms with E-state index in [1.54, 1.807) is 11.3 Å². The van der Waals surface area contributed by atoms with Crippen LogP contribution in [0.25, 0.3) is 11.4 Å². The maximum absolute atomic E-state index is 4.96. The SMILES string of the molecule is COc1nc(OC)nc(-c2ccsc2)n1. The van der Waals surface area contributed by atoms with Gasteiger partial charge in [-0.15, -0.1) is 4.98 Å². The minimum absolute atomic E-state index is 0.253. The first-order valence-corrected chi connectivity index (χ1v) is 5.14. The summed E-state index contributed by atoms with van der Waals surface area (Å²) in [6, 6.07) is 2.44. The van der Waals surface area contributed by atoms with Crippen LogP contribution in [0.15, 0.2) is 16.8 Å². The summed E-state index contributed by atoms with van der Waals surface area (Å²) in [6.45, 7) is 0. The summed E-state index contributed by atoms with van der Waals surface area (Å²) in [5.41, 5.74) is 0.930. The fourth-order valence-electron chi connectivity index (χ4n) is 1.04. The molecule has 0 unspecified atom stereocenters. The molecule has 0 aliphatic heterocycles. The van der Waals surface area contributed by atoms with Gasteiger partial charge in [0.1, 0.15) is 0 Å². The Morgan fingerprint density at radius 1 is 1.07 bits per heavy atom. The zero-order valence-corrected chi connectivity index (χ0v) is 9.11. The first-order chi connectivity index (χ1) is 7.33. The molecule has 0 atom stereocenters.